The molecule has 22 heavy (non-hydrogen) atoms. The smallest absolute Gasteiger partial charge is 0.318 e. The van der Waals surface area contributed by atoms with E-state index < -0.39 is 0 Å². The van der Waals surface area contributed by atoms with Gasteiger partial charge in [0, 0.05) is 19.0 Å². The minimum atomic E-state index is -0.305. The summed E-state index contributed by atoms with van der Waals surface area (Å²) in [6.45, 7) is 4.95. The molecule has 0 radical (unpaired) electrons. The van der Waals surface area contributed by atoms with E-state index in [1.807, 2.05) is 6.92 Å². The molecule has 3 heterocycles. The number of aromatic nitrogens is 5. The van der Waals surface area contributed by atoms with Crippen molar-refractivity contribution in [2.24, 2.45) is 0 Å². The summed E-state index contributed by atoms with van der Waals surface area (Å²) in [6, 6.07) is -0.417. The highest BCUT2D eigenvalue weighted by Crippen LogP contribution is 2.25. The van der Waals surface area contributed by atoms with E-state index in [4.69, 9.17) is 4.52 Å². The van der Waals surface area contributed by atoms with Crippen LogP contribution in [0.2, 0.25) is 0 Å². The Morgan fingerprint density at radius 2 is 2.27 bits per heavy atom. The monoisotopic (exact) mass is 305 g/mol. The number of carbonyl (C=O) groups excluding carboxylic acids is 1. The Hall–Kier alpha value is -2.45. The van der Waals surface area contributed by atoms with Gasteiger partial charge in [-0.1, -0.05) is 5.16 Å². The summed E-state index contributed by atoms with van der Waals surface area (Å²) >= 11 is 0. The zero-order valence-corrected chi connectivity index (χ0v) is 12.6. The first-order valence-electron chi connectivity index (χ1n) is 7.34. The Morgan fingerprint density at radius 1 is 1.50 bits per heavy atom. The SMILES string of the molecule is Cc1noc([C@@H](C)NC(=O)N2CCC(c3ncn[nH]3)CC2)n1. The minimum absolute atomic E-state index is 0.112. The van der Waals surface area contributed by atoms with Gasteiger partial charge in [-0.05, 0) is 26.7 Å². The van der Waals surface area contributed by atoms with Crippen LogP contribution < -0.4 is 5.32 Å². The fourth-order valence-electron chi connectivity index (χ4n) is 2.59. The average Bonchev–Trinajstić information content (AvgIpc) is 3.18. The highest BCUT2D eigenvalue weighted by atomic mass is 16.5. The molecule has 2 amide bonds. The molecule has 0 unspecified atom stereocenters. The molecular weight excluding hydrogens is 286 g/mol. The number of piperidine rings is 1. The Morgan fingerprint density at radius 3 is 2.86 bits per heavy atom. The molecule has 118 valence electrons. The highest BCUT2D eigenvalue weighted by Gasteiger charge is 2.26. The van der Waals surface area contributed by atoms with Gasteiger partial charge in [-0.15, -0.1) is 0 Å². The fourth-order valence-corrected chi connectivity index (χ4v) is 2.59. The lowest BCUT2D eigenvalue weighted by molar-refractivity contribution is 0.175. The standard InChI is InChI=1S/C13H19N7O2/c1-8(12-17-9(2)19-22-12)16-13(21)20-5-3-10(4-6-20)11-14-7-15-18-11/h7-8,10H,3-6H2,1-2H3,(H,16,21)(H,14,15,18)/t8-/m1/s1. The third kappa shape index (κ3) is 3.07. The van der Waals surface area contributed by atoms with E-state index in [0.717, 1.165) is 18.7 Å². The number of H-pyrrole nitrogens is 1. The minimum Gasteiger partial charge on any atom is -0.337 e. The number of nitrogens with zero attached hydrogens (tertiary/aromatic N) is 5. The van der Waals surface area contributed by atoms with Crippen molar-refractivity contribution in [2.45, 2.75) is 38.6 Å². The van der Waals surface area contributed by atoms with Crippen molar-refractivity contribution in [3.05, 3.63) is 23.9 Å². The maximum atomic E-state index is 12.3. The number of nitrogens with one attached hydrogen (secondary N) is 2. The molecule has 9 heteroatoms. The third-order valence-electron chi connectivity index (χ3n) is 3.86. The molecule has 1 aliphatic heterocycles. The van der Waals surface area contributed by atoms with E-state index in [0.29, 0.717) is 30.7 Å². The third-order valence-corrected chi connectivity index (χ3v) is 3.86. The van der Waals surface area contributed by atoms with Gasteiger partial charge in [-0.25, -0.2) is 9.78 Å². The molecule has 9 nitrogen and oxygen atoms in total. The maximum Gasteiger partial charge on any atom is 0.318 e. The van der Waals surface area contributed by atoms with Crippen molar-refractivity contribution in [3.8, 4) is 0 Å². The molecule has 1 atom stereocenters. The van der Waals surface area contributed by atoms with E-state index in [9.17, 15) is 4.79 Å². The second kappa shape index (κ2) is 6.12. The predicted octanol–water partition coefficient (Wildman–Crippen LogP) is 1.15. The average molecular weight is 305 g/mol. The van der Waals surface area contributed by atoms with Gasteiger partial charge >= 0.3 is 6.03 Å². The lowest BCUT2D eigenvalue weighted by atomic mass is 9.96. The van der Waals surface area contributed by atoms with Crippen LogP contribution >= 0.6 is 0 Å². The van der Waals surface area contributed by atoms with Crippen LogP contribution in [0.4, 0.5) is 4.79 Å². The Bertz CT molecular complexity index is 616. The molecule has 3 rings (SSSR count). The fraction of sp³-hybridized carbons (Fsp3) is 0.615. The molecule has 0 bridgehead atoms. The largest absolute Gasteiger partial charge is 0.337 e. The Labute approximate surface area is 127 Å². The summed E-state index contributed by atoms with van der Waals surface area (Å²) in [5.41, 5.74) is 0. The summed E-state index contributed by atoms with van der Waals surface area (Å²) in [5.74, 6) is 2.21. The second-order valence-corrected chi connectivity index (χ2v) is 5.48. The lowest BCUT2D eigenvalue weighted by Crippen LogP contribution is -2.45. The van der Waals surface area contributed by atoms with E-state index >= 15 is 0 Å². The van der Waals surface area contributed by atoms with Crippen molar-refractivity contribution >= 4 is 6.03 Å². The summed E-state index contributed by atoms with van der Waals surface area (Å²) in [5, 5.41) is 13.4. The zero-order valence-electron chi connectivity index (χ0n) is 12.6. The number of amides is 2. The van der Waals surface area contributed by atoms with Crippen LogP contribution in [0.5, 0.6) is 0 Å². The number of hydrogen-bond donors (Lipinski definition) is 2. The van der Waals surface area contributed by atoms with Crippen LogP contribution in [0.3, 0.4) is 0 Å². The number of rotatable bonds is 3. The van der Waals surface area contributed by atoms with Crippen molar-refractivity contribution in [2.75, 3.05) is 13.1 Å². The van der Waals surface area contributed by atoms with Crippen molar-refractivity contribution < 1.29 is 9.32 Å². The van der Waals surface area contributed by atoms with Gasteiger partial charge in [0.2, 0.25) is 5.89 Å². The lowest BCUT2D eigenvalue weighted by Gasteiger charge is -2.31. The molecular formula is C13H19N7O2. The molecule has 0 aromatic carbocycles. The van der Waals surface area contributed by atoms with Crippen molar-refractivity contribution in [1.29, 1.82) is 0 Å². The Kier molecular flexibility index (Phi) is 4.03. The summed E-state index contributed by atoms with van der Waals surface area (Å²) in [7, 11) is 0. The van der Waals surface area contributed by atoms with Crippen molar-refractivity contribution in [1.82, 2.24) is 35.5 Å². The quantitative estimate of drug-likeness (QED) is 0.879. The van der Waals surface area contributed by atoms with Gasteiger partial charge in [0.15, 0.2) is 5.82 Å². The van der Waals surface area contributed by atoms with Gasteiger partial charge in [-0.2, -0.15) is 10.1 Å². The topological polar surface area (TPSA) is 113 Å². The number of likely N-dealkylation sites (tertiary alicyclic amines) is 1. The van der Waals surface area contributed by atoms with E-state index in [1.54, 1.807) is 11.8 Å². The predicted molar refractivity (Wildman–Crippen MR) is 75.9 cm³/mol. The maximum absolute atomic E-state index is 12.3. The van der Waals surface area contributed by atoms with Crippen LogP contribution in [0.15, 0.2) is 10.9 Å². The highest BCUT2D eigenvalue weighted by molar-refractivity contribution is 5.74. The van der Waals surface area contributed by atoms with Crippen LogP contribution in [-0.2, 0) is 0 Å². The second-order valence-electron chi connectivity index (χ2n) is 5.48. The summed E-state index contributed by atoms with van der Waals surface area (Å²) in [6.07, 6.45) is 3.26. The number of hydrogen-bond acceptors (Lipinski definition) is 6. The molecule has 2 N–H and O–H groups in total. The van der Waals surface area contributed by atoms with E-state index in [2.05, 4.69) is 30.6 Å². The molecule has 1 fully saturated rings. The van der Waals surface area contributed by atoms with Crippen LogP contribution in [0.25, 0.3) is 0 Å². The number of carbonyl (C=O) groups is 1. The van der Waals surface area contributed by atoms with Gasteiger partial charge in [-0.3, -0.25) is 5.10 Å². The molecule has 0 saturated carbocycles. The first-order valence-corrected chi connectivity index (χ1v) is 7.34. The molecule has 2 aromatic rings. The number of urea groups is 1. The summed E-state index contributed by atoms with van der Waals surface area (Å²) in [4.78, 5) is 22.4. The normalized spacial score (nSPS) is 17.5. The van der Waals surface area contributed by atoms with Gasteiger partial charge < -0.3 is 14.7 Å². The molecule has 2 aromatic heterocycles. The first-order chi connectivity index (χ1) is 10.6. The van der Waals surface area contributed by atoms with Gasteiger partial charge in [0.25, 0.3) is 0 Å². The van der Waals surface area contributed by atoms with Crippen LogP contribution in [0.1, 0.15) is 49.3 Å². The van der Waals surface area contributed by atoms with Crippen molar-refractivity contribution in [3.63, 3.8) is 0 Å². The number of aryl methyl sites for hydroxylation is 1. The number of aromatic amines is 1. The van der Waals surface area contributed by atoms with Crippen LogP contribution in [0, 0.1) is 6.92 Å². The van der Waals surface area contributed by atoms with Gasteiger partial charge in [0.05, 0.1) is 0 Å². The Balaban J connectivity index is 1.51. The molecule has 0 aliphatic carbocycles. The molecule has 1 aliphatic rings. The van der Waals surface area contributed by atoms with E-state index in [-0.39, 0.29) is 12.1 Å². The first kappa shape index (κ1) is 14.5. The van der Waals surface area contributed by atoms with Gasteiger partial charge in [0.1, 0.15) is 18.2 Å². The molecule has 1 saturated heterocycles. The zero-order chi connectivity index (χ0) is 15.5. The van der Waals surface area contributed by atoms with Crippen LogP contribution in [-0.4, -0.2) is 49.3 Å². The molecule has 0 spiro atoms. The van der Waals surface area contributed by atoms with E-state index in [1.165, 1.54) is 6.33 Å². The summed E-state index contributed by atoms with van der Waals surface area (Å²) < 4.78 is 5.07.